The monoisotopic (exact) mass is 223 g/mol. The third-order valence-corrected chi connectivity index (χ3v) is 2.36. The van der Waals surface area contributed by atoms with Gasteiger partial charge >= 0.3 is 6.98 Å². The van der Waals surface area contributed by atoms with E-state index >= 15 is 0 Å². The number of carbonyl (C=O) groups excluding carboxylic acids is 2. The highest BCUT2D eigenvalue weighted by atomic mass is 19.4. The van der Waals surface area contributed by atoms with Crippen LogP contribution in [0.4, 0.5) is 12.9 Å². The van der Waals surface area contributed by atoms with Crippen molar-refractivity contribution in [2.24, 2.45) is 0 Å². The quantitative estimate of drug-likeness (QED) is 0.533. The van der Waals surface area contributed by atoms with Crippen LogP contribution in [0.5, 0.6) is 0 Å². The summed E-state index contributed by atoms with van der Waals surface area (Å²) in [5.41, 5.74) is -1.30. The number of hydrogen-bond donors (Lipinski definition) is 1. The number of halogens is 3. The van der Waals surface area contributed by atoms with Crippen molar-refractivity contribution in [2.45, 2.75) is 19.4 Å². The van der Waals surface area contributed by atoms with Crippen LogP contribution in [0.1, 0.15) is 13.8 Å². The van der Waals surface area contributed by atoms with Gasteiger partial charge in [-0.3, -0.25) is 14.9 Å². The van der Waals surface area contributed by atoms with Gasteiger partial charge in [-0.2, -0.15) is 0 Å². The van der Waals surface area contributed by atoms with Gasteiger partial charge in [0, 0.05) is 0 Å². The lowest BCUT2D eigenvalue weighted by Crippen LogP contribution is -2.65. The molecule has 0 aromatic rings. The van der Waals surface area contributed by atoms with Crippen LogP contribution in [0.15, 0.2) is 0 Å². The van der Waals surface area contributed by atoms with Crippen LogP contribution in [0, 0.1) is 0 Å². The van der Waals surface area contributed by atoms with Gasteiger partial charge in [-0.25, -0.2) is 0 Å². The molecule has 8 heteroatoms. The zero-order valence-corrected chi connectivity index (χ0v) is 8.39. The molecule has 0 radical (unpaired) electrons. The maximum Gasteiger partial charge on any atom is 0.492 e. The summed E-state index contributed by atoms with van der Waals surface area (Å²) in [6.07, 6.45) is -1.20. The van der Waals surface area contributed by atoms with E-state index in [4.69, 9.17) is 0 Å². The molecule has 1 N–H and O–H groups in total. The van der Waals surface area contributed by atoms with Crippen LogP contribution in [0.2, 0.25) is 0 Å². The molecular formula is C7H11BF3N2O2-. The molecule has 4 nitrogen and oxygen atoms in total. The second-order valence-corrected chi connectivity index (χ2v) is 4.03. The molecule has 15 heavy (non-hydrogen) atoms. The lowest BCUT2D eigenvalue weighted by molar-refractivity contribution is -0.144. The molecule has 1 rings (SSSR count). The third-order valence-electron chi connectivity index (χ3n) is 2.36. The molecule has 1 fully saturated rings. The van der Waals surface area contributed by atoms with Gasteiger partial charge in [-0.15, -0.1) is 0 Å². The molecule has 2 amide bonds. The fraction of sp³-hybridized carbons (Fsp3) is 0.714. The highest BCUT2D eigenvalue weighted by Crippen LogP contribution is 2.21. The van der Waals surface area contributed by atoms with Gasteiger partial charge in [-0.1, -0.05) is 0 Å². The molecule has 1 aliphatic rings. The average molecular weight is 223 g/mol. The molecule has 1 heterocycles. The van der Waals surface area contributed by atoms with Crippen LogP contribution < -0.4 is 5.32 Å². The first-order valence-electron chi connectivity index (χ1n) is 4.43. The van der Waals surface area contributed by atoms with Gasteiger partial charge in [0.05, 0.1) is 12.1 Å². The molecule has 0 aromatic carbocycles. The molecule has 0 bridgehead atoms. The van der Waals surface area contributed by atoms with E-state index in [0.29, 0.717) is 0 Å². The Morgan fingerprint density at radius 1 is 1.40 bits per heavy atom. The largest absolute Gasteiger partial charge is 0.492 e. The van der Waals surface area contributed by atoms with Crippen molar-refractivity contribution in [3.8, 4) is 0 Å². The van der Waals surface area contributed by atoms with Gasteiger partial charge in [0.15, 0.2) is 0 Å². The van der Waals surface area contributed by atoms with Crippen molar-refractivity contribution in [3.05, 3.63) is 0 Å². The predicted molar refractivity (Wildman–Crippen MR) is 47.9 cm³/mol. The Morgan fingerprint density at radius 3 is 2.40 bits per heavy atom. The molecule has 0 aliphatic carbocycles. The lowest BCUT2D eigenvalue weighted by Gasteiger charge is -2.42. The maximum atomic E-state index is 12.2. The van der Waals surface area contributed by atoms with Gasteiger partial charge in [-0.05, 0) is 20.3 Å². The summed E-state index contributed by atoms with van der Waals surface area (Å²) in [6, 6.07) is 0. The number of carbonyl (C=O) groups is 2. The van der Waals surface area contributed by atoms with E-state index in [1.54, 1.807) is 0 Å². The van der Waals surface area contributed by atoms with Gasteiger partial charge in [0.2, 0.25) is 11.8 Å². The first-order chi connectivity index (χ1) is 6.63. The Bertz CT molecular complexity index is 303. The van der Waals surface area contributed by atoms with E-state index in [1.807, 2.05) is 5.32 Å². The van der Waals surface area contributed by atoms with Gasteiger partial charge in [0.1, 0.15) is 0 Å². The summed E-state index contributed by atoms with van der Waals surface area (Å²) in [4.78, 5) is 23.1. The number of piperazine rings is 1. The third kappa shape index (κ3) is 2.71. The standard InChI is InChI=1S/C7H11BF3N2O2/c1-7(2)6(15)12-5(14)3-13(7)4-8(9,10)11/h3-4H2,1-2H3,(H,12,14,15)/q-1. The predicted octanol–water partition coefficient (Wildman–Crippen LogP) is 0.110. The number of nitrogens with one attached hydrogen (secondary N) is 1. The smallest absolute Gasteiger partial charge is 0.448 e. The van der Waals surface area contributed by atoms with E-state index in [2.05, 4.69) is 0 Å². The van der Waals surface area contributed by atoms with Crippen molar-refractivity contribution < 1.29 is 22.5 Å². The SMILES string of the molecule is CC1(C)C(=O)NC(=O)CN1C[B-](F)(F)F. The van der Waals surface area contributed by atoms with Crippen LogP contribution in [0.25, 0.3) is 0 Å². The van der Waals surface area contributed by atoms with E-state index in [9.17, 15) is 22.5 Å². The highest BCUT2D eigenvalue weighted by molar-refractivity contribution is 6.58. The van der Waals surface area contributed by atoms with Crippen LogP contribution in [-0.4, -0.2) is 42.2 Å². The number of rotatable bonds is 2. The fourth-order valence-corrected chi connectivity index (χ4v) is 1.38. The normalized spacial score (nSPS) is 22.7. The van der Waals surface area contributed by atoms with Crippen molar-refractivity contribution in [1.29, 1.82) is 0 Å². The summed E-state index contributed by atoms with van der Waals surface area (Å²) in [6.45, 7) is -2.73. The highest BCUT2D eigenvalue weighted by Gasteiger charge is 2.43. The molecule has 0 aromatic heterocycles. The number of nitrogens with zero attached hydrogens (tertiary/aromatic N) is 1. The van der Waals surface area contributed by atoms with Gasteiger partial charge < -0.3 is 17.8 Å². The first-order valence-corrected chi connectivity index (χ1v) is 4.43. The molecular weight excluding hydrogens is 212 g/mol. The van der Waals surface area contributed by atoms with Crippen LogP contribution >= 0.6 is 0 Å². The zero-order valence-electron chi connectivity index (χ0n) is 8.39. The topological polar surface area (TPSA) is 49.4 Å². The van der Waals surface area contributed by atoms with Crippen LogP contribution in [-0.2, 0) is 9.59 Å². The molecule has 86 valence electrons. The second kappa shape index (κ2) is 3.51. The van der Waals surface area contributed by atoms with Crippen molar-refractivity contribution >= 4 is 18.8 Å². The Balaban J connectivity index is 2.85. The summed E-state index contributed by atoms with van der Waals surface area (Å²) in [7, 11) is 0. The molecule has 0 unspecified atom stereocenters. The first kappa shape index (κ1) is 12.0. The Labute approximate surface area is 84.9 Å². The summed E-state index contributed by atoms with van der Waals surface area (Å²) >= 11 is 0. The maximum absolute atomic E-state index is 12.2. The molecule has 0 atom stereocenters. The summed E-state index contributed by atoms with van der Waals surface area (Å²) < 4.78 is 36.6. The lowest BCUT2D eigenvalue weighted by atomic mass is 9.86. The van der Waals surface area contributed by atoms with E-state index in [0.717, 1.165) is 4.90 Å². The van der Waals surface area contributed by atoms with Crippen molar-refractivity contribution in [3.63, 3.8) is 0 Å². The van der Waals surface area contributed by atoms with Crippen molar-refractivity contribution in [2.75, 3.05) is 13.0 Å². The Morgan fingerprint density at radius 2 is 1.93 bits per heavy atom. The average Bonchev–Trinajstić information content (AvgIpc) is 1.97. The summed E-state index contributed by atoms with van der Waals surface area (Å²) in [5.74, 6) is -1.39. The molecule has 0 saturated carbocycles. The zero-order chi connectivity index (χ0) is 11.9. The fourth-order valence-electron chi connectivity index (χ4n) is 1.38. The van der Waals surface area contributed by atoms with E-state index in [1.165, 1.54) is 13.8 Å². The van der Waals surface area contributed by atoms with Crippen LogP contribution in [0.3, 0.4) is 0 Å². The molecule has 0 spiro atoms. The minimum atomic E-state index is -5.04. The molecule has 1 saturated heterocycles. The Kier molecular flexibility index (Phi) is 2.82. The number of hydrogen-bond acceptors (Lipinski definition) is 3. The molecule has 1 aliphatic heterocycles. The second-order valence-electron chi connectivity index (χ2n) is 4.03. The van der Waals surface area contributed by atoms with Gasteiger partial charge in [0.25, 0.3) is 0 Å². The van der Waals surface area contributed by atoms with Crippen molar-refractivity contribution in [1.82, 2.24) is 10.2 Å². The van der Waals surface area contributed by atoms with E-state index < -0.39 is 37.3 Å². The minimum absolute atomic E-state index is 0.403. The number of amides is 2. The minimum Gasteiger partial charge on any atom is -0.448 e. The Hall–Kier alpha value is -1.05. The summed E-state index contributed by atoms with van der Waals surface area (Å²) in [5, 5.41) is 2.01. The number of imide groups is 1. The van der Waals surface area contributed by atoms with E-state index in [-0.39, 0.29) is 0 Å².